The van der Waals surface area contributed by atoms with Gasteiger partial charge in [-0.25, -0.2) is 0 Å². The van der Waals surface area contributed by atoms with Gasteiger partial charge in [0.25, 0.3) is 0 Å². The molecule has 104 valence electrons. The van der Waals surface area contributed by atoms with E-state index >= 15 is 0 Å². The smallest absolute Gasteiger partial charge is 0.0841 e. The van der Waals surface area contributed by atoms with Gasteiger partial charge in [-0.15, -0.1) is 0 Å². The molecule has 1 aromatic heterocycles. The molecule has 5 heteroatoms. The lowest BCUT2D eigenvalue weighted by molar-refractivity contribution is 0.165. The fourth-order valence-electron chi connectivity index (χ4n) is 2.53. The fourth-order valence-corrected chi connectivity index (χ4v) is 3.25. The molecule has 0 amide bonds. The highest BCUT2D eigenvalue weighted by Crippen LogP contribution is 2.33. The summed E-state index contributed by atoms with van der Waals surface area (Å²) >= 11 is 7.04. The van der Waals surface area contributed by atoms with Crippen LogP contribution < -0.4 is 5.73 Å². The topological polar surface area (TPSA) is 51.2 Å². The van der Waals surface area contributed by atoms with Crippen LogP contribution in [0, 0.1) is 0 Å². The highest BCUT2D eigenvalue weighted by atomic mass is 79.9. The maximum atomic E-state index is 9.89. The molecule has 0 aliphatic carbocycles. The van der Waals surface area contributed by atoms with Crippen molar-refractivity contribution in [2.45, 2.75) is 12.6 Å². The summed E-state index contributed by atoms with van der Waals surface area (Å²) in [5.41, 5.74) is 7.76. The van der Waals surface area contributed by atoms with Gasteiger partial charge in [0.1, 0.15) is 0 Å². The van der Waals surface area contributed by atoms with Gasteiger partial charge in [0.15, 0.2) is 0 Å². The zero-order valence-electron chi connectivity index (χ0n) is 10.7. The maximum Gasteiger partial charge on any atom is 0.0841 e. The zero-order chi connectivity index (χ0) is 14.3. The van der Waals surface area contributed by atoms with Gasteiger partial charge in [-0.2, -0.15) is 0 Å². The molecule has 0 bridgehead atoms. The van der Waals surface area contributed by atoms with Gasteiger partial charge < -0.3 is 15.4 Å². The van der Waals surface area contributed by atoms with E-state index in [1.165, 1.54) is 10.8 Å². The van der Waals surface area contributed by atoms with Gasteiger partial charge in [0, 0.05) is 37.3 Å². The Morgan fingerprint density at radius 1 is 1.00 bits per heavy atom. The molecule has 3 aromatic rings. The zero-order valence-corrected chi connectivity index (χ0v) is 13.9. The molecular formula is C15H14Br2N2O. The average molecular weight is 398 g/mol. The van der Waals surface area contributed by atoms with Gasteiger partial charge in [0.2, 0.25) is 0 Å². The standard InChI is InChI=1S/C15H14Br2N2O/c16-9-1-3-14-12(5-9)13-6-10(17)2-4-15(13)19(14)8-11(20)7-18/h1-6,11,20H,7-8,18H2. The third-order valence-electron chi connectivity index (χ3n) is 3.45. The van der Waals surface area contributed by atoms with Crippen molar-refractivity contribution in [3.8, 4) is 0 Å². The summed E-state index contributed by atoms with van der Waals surface area (Å²) in [7, 11) is 0. The third-order valence-corrected chi connectivity index (χ3v) is 4.44. The van der Waals surface area contributed by atoms with Crippen molar-refractivity contribution < 1.29 is 5.11 Å². The Morgan fingerprint density at radius 2 is 1.50 bits per heavy atom. The fraction of sp³-hybridized carbons (Fsp3) is 0.200. The summed E-state index contributed by atoms with van der Waals surface area (Å²) in [6.07, 6.45) is -0.541. The first-order chi connectivity index (χ1) is 9.60. The number of aliphatic hydroxyl groups is 1. The lowest BCUT2D eigenvalue weighted by Gasteiger charge is -2.11. The van der Waals surface area contributed by atoms with Gasteiger partial charge in [-0.05, 0) is 36.4 Å². The Hall–Kier alpha value is -0.880. The molecule has 1 atom stereocenters. The molecule has 1 unspecified atom stereocenters. The summed E-state index contributed by atoms with van der Waals surface area (Å²) in [5.74, 6) is 0. The SMILES string of the molecule is NCC(O)Cn1c2ccc(Br)cc2c2cc(Br)ccc21. The number of rotatable bonds is 3. The number of halogens is 2. The van der Waals surface area contributed by atoms with E-state index in [1.807, 2.05) is 12.1 Å². The summed E-state index contributed by atoms with van der Waals surface area (Å²) in [6.45, 7) is 0.758. The van der Waals surface area contributed by atoms with Gasteiger partial charge in [-0.1, -0.05) is 31.9 Å². The van der Waals surface area contributed by atoms with Crippen LogP contribution in [0.15, 0.2) is 45.3 Å². The second-order valence-electron chi connectivity index (χ2n) is 4.82. The highest BCUT2D eigenvalue weighted by Gasteiger charge is 2.13. The number of aromatic nitrogens is 1. The lowest BCUT2D eigenvalue weighted by atomic mass is 10.2. The van der Waals surface area contributed by atoms with Crippen LogP contribution in [0.25, 0.3) is 21.8 Å². The lowest BCUT2D eigenvalue weighted by Crippen LogP contribution is -2.25. The molecule has 0 radical (unpaired) electrons. The number of hydrogen-bond donors (Lipinski definition) is 2. The molecule has 0 saturated carbocycles. The van der Waals surface area contributed by atoms with Crippen LogP contribution >= 0.6 is 31.9 Å². The Bertz CT molecular complexity index is 723. The summed E-state index contributed by atoms with van der Waals surface area (Å²) < 4.78 is 4.22. The number of fused-ring (bicyclic) bond motifs is 3. The second kappa shape index (κ2) is 5.48. The Balaban J connectivity index is 2.34. The molecule has 0 fully saturated rings. The second-order valence-corrected chi connectivity index (χ2v) is 6.65. The molecule has 20 heavy (non-hydrogen) atoms. The maximum absolute atomic E-state index is 9.89. The van der Waals surface area contributed by atoms with E-state index in [1.54, 1.807) is 0 Å². The van der Waals surface area contributed by atoms with Crippen LogP contribution in [0.1, 0.15) is 0 Å². The summed E-state index contributed by atoms with van der Waals surface area (Å²) in [4.78, 5) is 0. The predicted molar refractivity (Wildman–Crippen MR) is 89.9 cm³/mol. The first kappa shape index (κ1) is 14.1. The first-order valence-corrected chi connectivity index (χ1v) is 7.94. The minimum absolute atomic E-state index is 0.258. The van der Waals surface area contributed by atoms with Crippen molar-refractivity contribution in [3.63, 3.8) is 0 Å². The molecular weight excluding hydrogens is 384 g/mol. The number of nitrogens with two attached hydrogens (primary N) is 1. The number of hydrogen-bond acceptors (Lipinski definition) is 2. The van der Waals surface area contributed by atoms with E-state index in [0.29, 0.717) is 6.54 Å². The van der Waals surface area contributed by atoms with E-state index in [9.17, 15) is 5.11 Å². The Labute approximate surface area is 133 Å². The van der Waals surface area contributed by atoms with Crippen molar-refractivity contribution in [2.24, 2.45) is 5.73 Å². The van der Waals surface area contributed by atoms with E-state index in [2.05, 4.69) is 60.7 Å². The van der Waals surface area contributed by atoms with E-state index in [-0.39, 0.29) is 6.54 Å². The minimum atomic E-state index is -0.541. The quantitative estimate of drug-likeness (QED) is 0.708. The van der Waals surface area contributed by atoms with Gasteiger partial charge >= 0.3 is 0 Å². The molecule has 0 aliphatic rings. The third kappa shape index (κ3) is 2.39. The number of aliphatic hydroxyl groups excluding tert-OH is 1. The molecule has 2 aromatic carbocycles. The van der Waals surface area contributed by atoms with E-state index < -0.39 is 6.10 Å². The van der Waals surface area contributed by atoms with Crippen LogP contribution in [-0.4, -0.2) is 22.3 Å². The molecule has 3 nitrogen and oxygen atoms in total. The van der Waals surface area contributed by atoms with Crippen molar-refractivity contribution in [1.29, 1.82) is 0 Å². The Kier molecular flexibility index (Phi) is 3.86. The molecule has 0 aliphatic heterocycles. The average Bonchev–Trinajstić information content (AvgIpc) is 2.72. The van der Waals surface area contributed by atoms with Crippen LogP contribution in [-0.2, 0) is 6.54 Å². The van der Waals surface area contributed by atoms with Crippen LogP contribution in [0.4, 0.5) is 0 Å². The van der Waals surface area contributed by atoms with Gasteiger partial charge in [0.05, 0.1) is 12.6 Å². The molecule has 3 rings (SSSR count). The van der Waals surface area contributed by atoms with Crippen LogP contribution in [0.2, 0.25) is 0 Å². The molecule has 3 N–H and O–H groups in total. The molecule has 1 heterocycles. The monoisotopic (exact) mass is 396 g/mol. The van der Waals surface area contributed by atoms with Gasteiger partial charge in [-0.3, -0.25) is 0 Å². The van der Waals surface area contributed by atoms with Crippen molar-refractivity contribution >= 4 is 53.7 Å². The van der Waals surface area contributed by atoms with Crippen molar-refractivity contribution in [1.82, 2.24) is 4.57 Å². The van der Waals surface area contributed by atoms with Crippen molar-refractivity contribution in [2.75, 3.05) is 6.54 Å². The summed E-state index contributed by atoms with van der Waals surface area (Å²) in [6, 6.07) is 12.4. The summed E-state index contributed by atoms with van der Waals surface area (Å²) in [5, 5.41) is 12.2. The largest absolute Gasteiger partial charge is 0.390 e. The Morgan fingerprint density at radius 3 is 1.95 bits per heavy atom. The predicted octanol–water partition coefficient (Wildman–Crippen LogP) is 3.64. The normalized spacial score (nSPS) is 13.2. The van der Waals surface area contributed by atoms with Crippen LogP contribution in [0.3, 0.4) is 0 Å². The highest BCUT2D eigenvalue weighted by molar-refractivity contribution is 9.10. The van der Waals surface area contributed by atoms with E-state index in [0.717, 1.165) is 20.0 Å². The molecule has 0 spiro atoms. The van der Waals surface area contributed by atoms with Crippen molar-refractivity contribution in [3.05, 3.63) is 45.3 Å². The van der Waals surface area contributed by atoms with Crippen LogP contribution in [0.5, 0.6) is 0 Å². The minimum Gasteiger partial charge on any atom is -0.390 e. The number of nitrogens with zero attached hydrogens (tertiary/aromatic N) is 1. The first-order valence-electron chi connectivity index (χ1n) is 6.35. The number of benzene rings is 2. The molecule has 0 saturated heterocycles. The van der Waals surface area contributed by atoms with E-state index in [4.69, 9.17) is 5.73 Å².